The SMILES string of the molecule is NCCCn1cc(Br)c(=O)c([N+](=O)[O-])c1. The topological polar surface area (TPSA) is 91.2 Å². The lowest BCUT2D eigenvalue weighted by Crippen LogP contribution is -2.14. The quantitative estimate of drug-likeness (QED) is 0.652. The summed E-state index contributed by atoms with van der Waals surface area (Å²) in [6.07, 6.45) is 3.44. The number of aryl methyl sites for hydroxylation is 1. The van der Waals surface area contributed by atoms with Gasteiger partial charge in [0, 0.05) is 12.7 Å². The molecule has 1 aromatic heterocycles. The molecule has 82 valence electrons. The number of aromatic nitrogens is 1. The number of pyridine rings is 1. The second kappa shape index (κ2) is 5.04. The summed E-state index contributed by atoms with van der Waals surface area (Å²) in [5.74, 6) is 0. The van der Waals surface area contributed by atoms with E-state index < -0.39 is 16.0 Å². The number of rotatable bonds is 4. The van der Waals surface area contributed by atoms with Crippen molar-refractivity contribution in [1.82, 2.24) is 4.57 Å². The Balaban J connectivity index is 3.12. The maximum absolute atomic E-state index is 11.3. The monoisotopic (exact) mass is 275 g/mol. The molecule has 0 atom stereocenters. The van der Waals surface area contributed by atoms with Crippen LogP contribution in [0.3, 0.4) is 0 Å². The fourth-order valence-electron chi connectivity index (χ4n) is 1.11. The molecule has 1 heterocycles. The molecule has 0 saturated carbocycles. The van der Waals surface area contributed by atoms with Crippen LogP contribution in [-0.2, 0) is 6.54 Å². The van der Waals surface area contributed by atoms with Crippen molar-refractivity contribution in [2.75, 3.05) is 6.54 Å². The Morgan fingerprint density at radius 1 is 1.53 bits per heavy atom. The molecular formula is C8H10BrN3O3. The van der Waals surface area contributed by atoms with Crippen LogP contribution in [0, 0.1) is 10.1 Å². The molecule has 0 unspecified atom stereocenters. The summed E-state index contributed by atoms with van der Waals surface area (Å²) in [7, 11) is 0. The van der Waals surface area contributed by atoms with Crippen LogP contribution < -0.4 is 11.2 Å². The van der Waals surface area contributed by atoms with Gasteiger partial charge in [0.15, 0.2) is 0 Å². The van der Waals surface area contributed by atoms with Crippen LogP contribution in [0.25, 0.3) is 0 Å². The number of nitrogens with two attached hydrogens (primary N) is 1. The van der Waals surface area contributed by atoms with Gasteiger partial charge in [-0.05, 0) is 28.9 Å². The van der Waals surface area contributed by atoms with Gasteiger partial charge in [0.2, 0.25) is 0 Å². The third kappa shape index (κ3) is 2.87. The van der Waals surface area contributed by atoms with Gasteiger partial charge in [-0.25, -0.2) is 0 Å². The first-order valence-corrected chi connectivity index (χ1v) is 5.09. The molecular weight excluding hydrogens is 266 g/mol. The van der Waals surface area contributed by atoms with Crippen LogP contribution in [-0.4, -0.2) is 16.0 Å². The molecule has 0 aromatic carbocycles. The Bertz CT molecular complexity index is 430. The minimum Gasteiger partial charge on any atom is -0.347 e. The minimum absolute atomic E-state index is 0.189. The van der Waals surface area contributed by atoms with Gasteiger partial charge in [0.05, 0.1) is 15.6 Å². The lowest BCUT2D eigenvalue weighted by molar-refractivity contribution is -0.386. The number of nitrogens with zero attached hydrogens (tertiary/aromatic N) is 2. The van der Waals surface area contributed by atoms with Gasteiger partial charge < -0.3 is 10.3 Å². The minimum atomic E-state index is -0.688. The Kier molecular flexibility index (Phi) is 3.98. The summed E-state index contributed by atoms with van der Waals surface area (Å²) in [4.78, 5) is 21.2. The lowest BCUT2D eigenvalue weighted by Gasteiger charge is -2.05. The molecule has 0 bridgehead atoms. The van der Waals surface area contributed by atoms with Gasteiger partial charge in [-0.15, -0.1) is 0 Å². The van der Waals surface area contributed by atoms with Crippen molar-refractivity contribution in [3.63, 3.8) is 0 Å². The molecule has 0 aliphatic carbocycles. The van der Waals surface area contributed by atoms with Crippen LogP contribution in [0.4, 0.5) is 5.69 Å². The Hall–Kier alpha value is -1.21. The Morgan fingerprint density at radius 2 is 2.20 bits per heavy atom. The summed E-state index contributed by atoms with van der Waals surface area (Å²) < 4.78 is 1.77. The fourth-order valence-corrected chi connectivity index (χ4v) is 1.58. The molecule has 0 spiro atoms. The highest BCUT2D eigenvalue weighted by atomic mass is 79.9. The van der Waals surface area contributed by atoms with Crippen LogP contribution in [0.2, 0.25) is 0 Å². The molecule has 0 amide bonds. The summed E-state index contributed by atoms with van der Waals surface area (Å²) in [5, 5.41) is 10.5. The maximum atomic E-state index is 11.3. The smallest absolute Gasteiger partial charge is 0.333 e. The van der Waals surface area contributed by atoms with Crippen molar-refractivity contribution in [2.45, 2.75) is 13.0 Å². The number of hydrogen-bond donors (Lipinski definition) is 1. The molecule has 2 N–H and O–H groups in total. The average molecular weight is 276 g/mol. The van der Waals surface area contributed by atoms with E-state index in [9.17, 15) is 14.9 Å². The molecule has 0 aliphatic rings. The van der Waals surface area contributed by atoms with Crippen molar-refractivity contribution in [3.05, 3.63) is 37.2 Å². The van der Waals surface area contributed by atoms with Gasteiger partial charge in [-0.1, -0.05) is 0 Å². The zero-order valence-corrected chi connectivity index (χ0v) is 9.44. The largest absolute Gasteiger partial charge is 0.347 e. The molecule has 0 radical (unpaired) electrons. The van der Waals surface area contributed by atoms with E-state index in [1.165, 1.54) is 12.4 Å². The highest BCUT2D eigenvalue weighted by Gasteiger charge is 2.15. The van der Waals surface area contributed by atoms with Crippen molar-refractivity contribution < 1.29 is 4.92 Å². The van der Waals surface area contributed by atoms with Gasteiger partial charge in [-0.3, -0.25) is 14.9 Å². The molecule has 0 aliphatic heterocycles. The fraction of sp³-hybridized carbons (Fsp3) is 0.375. The van der Waals surface area contributed by atoms with E-state index in [4.69, 9.17) is 5.73 Å². The normalized spacial score (nSPS) is 10.3. The predicted octanol–water partition coefficient (Wildman–Crippen LogP) is 0.868. The first-order chi connectivity index (χ1) is 7.06. The Morgan fingerprint density at radius 3 is 2.73 bits per heavy atom. The van der Waals surface area contributed by atoms with E-state index >= 15 is 0 Å². The van der Waals surface area contributed by atoms with Crippen LogP contribution in [0.5, 0.6) is 0 Å². The third-order valence-corrected chi connectivity index (χ3v) is 2.40. The first-order valence-electron chi connectivity index (χ1n) is 4.30. The number of nitro groups is 1. The molecule has 7 heteroatoms. The van der Waals surface area contributed by atoms with E-state index in [2.05, 4.69) is 15.9 Å². The van der Waals surface area contributed by atoms with Crippen molar-refractivity contribution in [2.24, 2.45) is 5.73 Å². The average Bonchev–Trinajstić information content (AvgIpc) is 2.19. The summed E-state index contributed by atoms with van der Waals surface area (Å²) in [6, 6.07) is 0. The van der Waals surface area contributed by atoms with E-state index in [1.54, 1.807) is 4.57 Å². The molecule has 1 rings (SSSR count). The molecule has 0 saturated heterocycles. The van der Waals surface area contributed by atoms with Gasteiger partial charge >= 0.3 is 5.69 Å². The number of hydrogen-bond acceptors (Lipinski definition) is 4. The van der Waals surface area contributed by atoms with E-state index in [0.717, 1.165) is 0 Å². The molecule has 1 aromatic rings. The van der Waals surface area contributed by atoms with Gasteiger partial charge in [0.1, 0.15) is 0 Å². The van der Waals surface area contributed by atoms with Gasteiger partial charge in [-0.2, -0.15) is 0 Å². The highest BCUT2D eigenvalue weighted by molar-refractivity contribution is 9.10. The van der Waals surface area contributed by atoms with E-state index in [0.29, 0.717) is 19.5 Å². The van der Waals surface area contributed by atoms with Gasteiger partial charge in [0.25, 0.3) is 5.43 Å². The van der Waals surface area contributed by atoms with E-state index in [-0.39, 0.29) is 4.47 Å². The van der Waals surface area contributed by atoms with Crippen LogP contribution in [0.1, 0.15) is 6.42 Å². The maximum Gasteiger partial charge on any atom is 0.333 e. The second-order valence-electron chi connectivity index (χ2n) is 2.96. The summed E-state index contributed by atoms with van der Waals surface area (Å²) in [5.41, 5.74) is 4.28. The third-order valence-electron chi connectivity index (χ3n) is 1.83. The second-order valence-corrected chi connectivity index (χ2v) is 3.81. The molecule has 0 fully saturated rings. The van der Waals surface area contributed by atoms with Crippen LogP contribution >= 0.6 is 15.9 Å². The zero-order chi connectivity index (χ0) is 11.4. The summed E-state index contributed by atoms with van der Waals surface area (Å²) in [6.45, 7) is 1.05. The Labute approximate surface area is 94.0 Å². The lowest BCUT2D eigenvalue weighted by atomic mass is 10.3. The number of halogens is 1. The highest BCUT2D eigenvalue weighted by Crippen LogP contribution is 2.10. The molecule has 6 nitrogen and oxygen atoms in total. The van der Waals surface area contributed by atoms with Crippen molar-refractivity contribution in [1.29, 1.82) is 0 Å². The van der Waals surface area contributed by atoms with Crippen molar-refractivity contribution >= 4 is 21.6 Å². The zero-order valence-electron chi connectivity index (χ0n) is 7.85. The molecule has 15 heavy (non-hydrogen) atoms. The van der Waals surface area contributed by atoms with Crippen LogP contribution in [0.15, 0.2) is 21.7 Å². The van der Waals surface area contributed by atoms with Crippen molar-refractivity contribution in [3.8, 4) is 0 Å². The standard InChI is InChI=1S/C8H10BrN3O3/c9-6-4-11(3-1-2-10)5-7(8(6)13)12(14)15/h4-5H,1-3,10H2. The predicted molar refractivity (Wildman–Crippen MR) is 58.7 cm³/mol. The first kappa shape index (κ1) is 11.9. The van der Waals surface area contributed by atoms with E-state index in [1.807, 2.05) is 0 Å². The summed E-state index contributed by atoms with van der Waals surface area (Å²) >= 11 is 2.99.